The van der Waals surface area contributed by atoms with Gasteiger partial charge in [-0.3, -0.25) is 0 Å². The van der Waals surface area contributed by atoms with Gasteiger partial charge in [-0.25, -0.2) is 4.98 Å². The highest BCUT2D eigenvalue weighted by atomic mass is 15.1. The average Bonchev–Trinajstić information content (AvgIpc) is 2.54. The van der Waals surface area contributed by atoms with Crippen molar-refractivity contribution in [2.24, 2.45) is 0 Å². The Balaban J connectivity index is 2.45. The maximum Gasteiger partial charge on any atom is 0.111 e. The Bertz CT molecular complexity index is 366. The largest absolute Gasteiger partial charge is 0.341 e. The summed E-state index contributed by atoms with van der Waals surface area (Å²) in [7, 11) is 0. The van der Waals surface area contributed by atoms with Gasteiger partial charge in [-0.2, -0.15) is 5.10 Å². The van der Waals surface area contributed by atoms with E-state index in [2.05, 4.69) is 20.2 Å². The molecular formula is C8H8N4. The van der Waals surface area contributed by atoms with Crippen LogP contribution in [0.15, 0.2) is 24.5 Å². The fourth-order valence-corrected chi connectivity index (χ4v) is 0.996. The highest BCUT2D eigenvalue weighted by Gasteiger charge is 2.00. The molecule has 2 aromatic heterocycles. The number of nitrogens with zero attached hydrogens (tertiary/aromatic N) is 3. The first-order valence-corrected chi connectivity index (χ1v) is 3.66. The lowest BCUT2D eigenvalue weighted by Crippen LogP contribution is -1.85. The number of rotatable bonds is 1. The Morgan fingerprint density at radius 3 is 2.92 bits per heavy atom. The topological polar surface area (TPSA) is 54.5 Å². The maximum absolute atomic E-state index is 4.07. The first kappa shape index (κ1) is 6.97. The van der Waals surface area contributed by atoms with E-state index in [1.165, 1.54) is 0 Å². The Morgan fingerprint density at radius 1 is 1.42 bits per heavy atom. The molecule has 2 heterocycles. The van der Waals surface area contributed by atoms with Gasteiger partial charge in [0.2, 0.25) is 0 Å². The third-order valence-corrected chi connectivity index (χ3v) is 1.55. The molecule has 4 heteroatoms. The summed E-state index contributed by atoms with van der Waals surface area (Å²) in [6.45, 7) is 1.90. The second kappa shape index (κ2) is 2.73. The Kier molecular flexibility index (Phi) is 1.59. The zero-order valence-corrected chi connectivity index (χ0v) is 6.65. The molecule has 0 unspecified atom stereocenters. The van der Waals surface area contributed by atoms with E-state index in [0.717, 1.165) is 17.2 Å². The minimum atomic E-state index is 0.818. The van der Waals surface area contributed by atoms with Gasteiger partial charge >= 0.3 is 0 Å². The third-order valence-electron chi connectivity index (χ3n) is 1.55. The zero-order valence-electron chi connectivity index (χ0n) is 6.65. The third kappa shape index (κ3) is 1.18. The molecule has 0 spiro atoms. The van der Waals surface area contributed by atoms with Gasteiger partial charge in [0.1, 0.15) is 11.5 Å². The summed E-state index contributed by atoms with van der Waals surface area (Å²) in [6.07, 6.45) is 3.39. The van der Waals surface area contributed by atoms with Crippen molar-refractivity contribution >= 4 is 0 Å². The van der Waals surface area contributed by atoms with Gasteiger partial charge in [0.05, 0.1) is 11.9 Å². The van der Waals surface area contributed by atoms with Crippen molar-refractivity contribution in [2.45, 2.75) is 6.92 Å². The number of H-pyrrole nitrogens is 1. The molecule has 0 saturated heterocycles. The van der Waals surface area contributed by atoms with Crippen molar-refractivity contribution in [1.82, 2.24) is 20.2 Å². The van der Waals surface area contributed by atoms with E-state index in [1.807, 2.05) is 19.1 Å². The molecule has 2 rings (SSSR count). The Hall–Kier alpha value is -1.71. The zero-order chi connectivity index (χ0) is 8.39. The van der Waals surface area contributed by atoms with Crippen LogP contribution in [0.2, 0.25) is 0 Å². The Labute approximate surface area is 69.7 Å². The van der Waals surface area contributed by atoms with Gasteiger partial charge in [0, 0.05) is 6.20 Å². The molecule has 0 bridgehead atoms. The molecule has 0 aliphatic carbocycles. The normalized spacial score (nSPS) is 10.1. The van der Waals surface area contributed by atoms with Crippen LogP contribution in [0.25, 0.3) is 11.4 Å². The van der Waals surface area contributed by atoms with E-state index >= 15 is 0 Å². The lowest BCUT2D eigenvalue weighted by atomic mass is 10.3. The van der Waals surface area contributed by atoms with Crippen LogP contribution in [0.5, 0.6) is 0 Å². The van der Waals surface area contributed by atoms with Gasteiger partial charge in [-0.15, -0.1) is 5.10 Å². The summed E-state index contributed by atoms with van der Waals surface area (Å²) < 4.78 is 0. The molecule has 2 aromatic rings. The number of aromatic amines is 1. The van der Waals surface area contributed by atoms with Gasteiger partial charge in [-0.1, -0.05) is 0 Å². The van der Waals surface area contributed by atoms with Crippen molar-refractivity contribution in [1.29, 1.82) is 0 Å². The van der Waals surface area contributed by atoms with Crippen LogP contribution in [-0.2, 0) is 0 Å². The van der Waals surface area contributed by atoms with Gasteiger partial charge in [0.15, 0.2) is 0 Å². The second-order valence-corrected chi connectivity index (χ2v) is 2.49. The van der Waals surface area contributed by atoms with Crippen molar-refractivity contribution in [3.05, 3.63) is 30.4 Å². The molecule has 4 nitrogen and oxygen atoms in total. The molecule has 1 N–H and O–H groups in total. The summed E-state index contributed by atoms with van der Waals surface area (Å²) in [5.74, 6) is 0.885. The van der Waals surface area contributed by atoms with Gasteiger partial charge in [-0.05, 0) is 19.1 Å². The van der Waals surface area contributed by atoms with Crippen molar-refractivity contribution in [3.63, 3.8) is 0 Å². The van der Waals surface area contributed by atoms with Crippen LogP contribution in [0, 0.1) is 6.92 Å². The molecule has 0 atom stereocenters. The average molecular weight is 160 g/mol. The standard InChI is InChI=1S/C8H8N4/c1-6-9-5-8(11-6)7-3-2-4-10-12-7/h2-5H,1H3,(H,9,11). The smallest absolute Gasteiger partial charge is 0.111 e. The van der Waals surface area contributed by atoms with Crippen LogP contribution in [0.1, 0.15) is 5.82 Å². The van der Waals surface area contributed by atoms with Crippen LogP contribution in [0.3, 0.4) is 0 Å². The minimum absolute atomic E-state index is 0.818. The lowest BCUT2D eigenvalue weighted by molar-refractivity contribution is 1.03. The first-order valence-electron chi connectivity index (χ1n) is 3.66. The van der Waals surface area contributed by atoms with Crippen LogP contribution in [0.4, 0.5) is 0 Å². The van der Waals surface area contributed by atoms with Crippen LogP contribution in [-0.4, -0.2) is 20.2 Å². The molecule has 60 valence electrons. The van der Waals surface area contributed by atoms with E-state index in [9.17, 15) is 0 Å². The summed E-state index contributed by atoms with van der Waals surface area (Å²) in [4.78, 5) is 7.15. The number of aryl methyl sites for hydroxylation is 1. The highest BCUT2D eigenvalue weighted by molar-refractivity contribution is 5.51. The fraction of sp³-hybridized carbons (Fsp3) is 0.125. The Morgan fingerprint density at radius 2 is 2.33 bits per heavy atom. The summed E-state index contributed by atoms with van der Waals surface area (Å²) in [6, 6.07) is 3.73. The van der Waals surface area contributed by atoms with E-state index in [0.29, 0.717) is 0 Å². The SMILES string of the molecule is Cc1ncc(-c2cccnn2)[nH]1. The monoisotopic (exact) mass is 160 g/mol. The molecule has 0 aromatic carbocycles. The van der Waals surface area contributed by atoms with E-state index in [1.54, 1.807) is 12.4 Å². The molecule has 12 heavy (non-hydrogen) atoms. The quantitative estimate of drug-likeness (QED) is 0.681. The molecule has 0 aliphatic heterocycles. The summed E-state index contributed by atoms with van der Waals surface area (Å²) >= 11 is 0. The summed E-state index contributed by atoms with van der Waals surface area (Å²) in [5, 5.41) is 7.71. The second-order valence-electron chi connectivity index (χ2n) is 2.49. The lowest BCUT2D eigenvalue weighted by Gasteiger charge is -1.91. The first-order chi connectivity index (χ1) is 5.86. The van der Waals surface area contributed by atoms with E-state index in [-0.39, 0.29) is 0 Å². The van der Waals surface area contributed by atoms with Gasteiger partial charge < -0.3 is 4.98 Å². The molecule has 0 fully saturated rings. The van der Waals surface area contributed by atoms with Crippen LogP contribution >= 0.6 is 0 Å². The molecule has 0 amide bonds. The fourth-order valence-electron chi connectivity index (χ4n) is 0.996. The molecule has 0 saturated carbocycles. The predicted octanol–water partition coefficient (Wildman–Crippen LogP) is 1.18. The van der Waals surface area contributed by atoms with Crippen LogP contribution < -0.4 is 0 Å². The predicted molar refractivity (Wildman–Crippen MR) is 44.4 cm³/mol. The number of imidazole rings is 1. The molecule has 0 aliphatic rings. The summed E-state index contributed by atoms with van der Waals surface area (Å²) in [5.41, 5.74) is 1.72. The number of hydrogen-bond donors (Lipinski definition) is 1. The van der Waals surface area contributed by atoms with Crippen molar-refractivity contribution in [2.75, 3.05) is 0 Å². The molecular weight excluding hydrogens is 152 g/mol. The number of nitrogens with one attached hydrogen (secondary N) is 1. The van der Waals surface area contributed by atoms with E-state index < -0.39 is 0 Å². The minimum Gasteiger partial charge on any atom is -0.341 e. The maximum atomic E-state index is 4.07. The van der Waals surface area contributed by atoms with Gasteiger partial charge in [0.25, 0.3) is 0 Å². The van der Waals surface area contributed by atoms with Crippen molar-refractivity contribution < 1.29 is 0 Å². The number of hydrogen-bond acceptors (Lipinski definition) is 3. The number of aromatic nitrogens is 4. The molecule has 0 radical (unpaired) electrons. The van der Waals surface area contributed by atoms with Crippen molar-refractivity contribution in [3.8, 4) is 11.4 Å². The van der Waals surface area contributed by atoms with E-state index in [4.69, 9.17) is 0 Å². The highest BCUT2D eigenvalue weighted by Crippen LogP contribution is 2.11.